The van der Waals surface area contributed by atoms with Crippen molar-refractivity contribution in [3.8, 4) is 0 Å². The first kappa shape index (κ1) is 16.5. The zero-order valence-electron chi connectivity index (χ0n) is 13.3. The number of hydrogen-bond donors (Lipinski definition) is 2. The van der Waals surface area contributed by atoms with Gasteiger partial charge < -0.3 is 15.2 Å². The molecule has 0 unspecified atom stereocenters. The van der Waals surface area contributed by atoms with E-state index in [-0.39, 0.29) is 5.92 Å². The summed E-state index contributed by atoms with van der Waals surface area (Å²) < 4.78 is 5.21. The van der Waals surface area contributed by atoms with Crippen LogP contribution in [0.4, 0.5) is 0 Å². The van der Waals surface area contributed by atoms with Gasteiger partial charge in [-0.2, -0.15) is 4.98 Å². The zero-order chi connectivity index (χ0) is 15.8. The molecule has 0 spiro atoms. The minimum absolute atomic E-state index is 0.289. The van der Waals surface area contributed by atoms with E-state index in [1.54, 1.807) is 18.4 Å². The third-order valence-electron chi connectivity index (χ3n) is 3.10. The van der Waals surface area contributed by atoms with E-state index in [1.165, 1.54) is 4.88 Å². The molecule has 0 aliphatic heterocycles. The maximum atomic E-state index is 5.21. The molecular weight excluding hydrogens is 298 g/mol. The van der Waals surface area contributed by atoms with Crippen molar-refractivity contribution in [1.82, 2.24) is 20.8 Å². The molecule has 0 radical (unpaired) electrons. The molecule has 0 aromatic carbocycles. The van der Waals surface area contributed by atoms with E-state index in [0.717, 1.165) is 24.7 Å². The minimum atomic E-state index is 0.289. The molecule has 6 nitrogen and oxygen atoms in total. The number of guanidine groups is 1. The molecule has 0 fully saturated rings. The fraction of sp³-hybridized carbons (Fsp3) is 0.533. The van der Waals surface area contributed by atoms with Crippen LogP contribution in [0.15, 0.2) is 27.0 Å². The largest absolute Gasteiger partial charge is 0.356 e. The highest BCUT2D eigenvalue weighted by atomic mass is 32.1. The molecule has 0 aliphatic rings. The normalized spacial score (nSPS) is 11.9. The average Bonchev–Trinajstić information content (AvgIpc) is 3.17. The van der Waals surface area contributed by atoms with Crippen molar-refractivity contribution in [2.45, 2.75) is 32.6 Å². The van der Waals surface area contributed by atoms with Crippen LogP contribution in [0.5, 0.6) is 0 Å². The van der Waals surface area contributed by atoms with Crippen molar-refractivity contribution in [2.75, 3.05) is 20.1 Å². The van der Waals surface area contributed by atoms with Gasteiger partial charge in [-0.1, -0.05) is 25.1 Å². The number of aromatic nitrogens is 2. The van der Waals surface area contributed by atoms with E-state index in [2.05, 4.69) is 43.3 Å². The van der Waals surface area contributed by atoms with Crippen LogP contribution in [0.1, 0.15) is 36.4 Å². The number of hydrogen-bond acceptors (Lipinski definition) is 5. The quantitative estimate of drug-likeness (QED) is 0.604. The molecule has 0 aliphatic carbocycles. The highest BCUT2D eigenvalue weighted by Gasteiger charge is 2.09. The average molecular weight is 321 g/mol. The number of rotatable bonds is 7. The first-order valence-corrected chi connectivity index (χ1v) is 8.36. The lowest BCUT2D eigenvalue weighted by Gasteiger charge is -2.10. The zero-order valence-corrected chi connectivity index (χ0v) is 14.1. The Morgan fingerprint density at radius 3 is 2.68 bits per heavy atom. The summed E-state index contributed by atoms with van der Waals surface area (Å²) in [6.45, 7) is 5.66. The molecule has 2 N–H and O–H groups in total. The highest BCUT2D eigenvalue weighted by molar-refractivity contribution is 7.09. The predicted molar refractivity (Wildman–Crippen MR) is 89.5 cm³/mol. The van der Waals surface area contributed by atoms with Crippen LogP contribution in [-0.2, 0) is 12.8 Å². The van der Waals surface area contributed by atoms with E-state index >= 15 is 0 Å². The number of nitrogens with one attached hydrogen (secondary N) is 2. The molecular formula is C15H23N5OS. The van der Waals surface area contributed by atoms with Crippen LogP contribution in [0.3, 0.4) is 0 Å². The molecule has 2 aromatic heterocycles. The smallest absolute Gasteiger partial charge is 0.228 e. The van der Waals surface area contributed by atoms with Crippen LogP contribution in [0.2, 0.25) is 0 Å². The van der Waals surface area contributed by atoms with Gasteiger partial charge in [0, 0.05) is 37.4 Å². The third-order valence-corrected chi connectivity index (χ3v) is 4.04. The van der Waals surface area contributed by atoms with Gasteiger partial charge in [0.2, 0.25) is 5.89 Å². The molecule has 22 heavy (non-hydrogen) atoms. The molecule has 2 aromatic rings. The Labute approximate surface area is 135 Å². The maximum absolute atomic E-state index is 5.21. The Morgan fingerprint density at radius 2 is 2.09 bits per heavy atom. The van der Waals surface area contributed by atoms with Gasteiger partial charge in [0.05, 0.1) is 0 Å². The van der Waals surface area contributed by atoms with E-state index < -0.39 is 0 Å². The van der Waals surface area contributed by atoms with Gasteiger partial charge in [-0.05, 0) is 17.9 Å². The lowest BCUT2D eigenvalue weighted by atomic mass is 10.2. The van der Waals surface area contributed by atoms with Crippen LogP contribution in [0.25, 0.3) is 0 Å². The molecule has 0 saturated heterocycles. The maximum Gasteiger partial charge on any atom is 0.228 e. The molecule has 0 saturated carbocycles. The summed E-state index contributed by atoms with van der Waals surface area (Å²) in [6.07, 6.45) is 1.69. The summed E-state index contributed by atoms with van der Waals surface area (Å²) in [5.41, 5.74) is 0. The minimum Gasteiger partial charge on any atom is -0.356 e. The molecule has 2 heterocycles. The molecule has 0 atom stereocenters. The van der Waals surface area contributed by atoms with Gasteiger partial charge in [-0.25, -0.2) is 0 Å². The Morgan fingerprint density at radius 1 is 1.32 bits per heavy atom. The standard InChI is InChI=1S/C15H23N5OS/c1-11(2)14-19-13(21-20-14)7-9-18-15(16-3)17-8-6-12-5-4-10-22-12/h4-5,10-11H,6-9H2,1-3H3,(H2,16,17,18). The first-order chi connectivity index (χ1) is 10.7. The summed E-state index contributed by atoms with van der Waals surface area (Å²) in [4.78, 5) is 9.92. The summed E-state index contributed by atoms with van der Waals surface area (Å²) in [6, 6.07) is 4.22. The topological polar surface area (TPSA) is 75.3 Å². The second kappa shape index (κ2) is 8.53. The van der Waals surface area contributed by atoms with E-state index in [4.69, 9.17) is 4.52 Å². The molecule has 2 rings (SSSR count). The molecule has 120 valence electrons. The summed E-state index contributed by atoms with van der Waals surface area (Å²) >= 11 is 1.77. The summed E-state index contributed by atoms with van der Waals surface area (Å²) in [5, 5.41) is 12.6. The van der Waals surface area contributed by atoms with Gasteiger partial charge in [-0.3, -0.25) is 4.99 Å². The molecule has 0 bridgehead atoms. The van der Waals surface area contributed by atoms with Gasteiger partial charge in [0.1, 0.15) is 0 Å². The molecule has 7 heteroatoms. The Kier molecular flexibility index (Phi) is 6.39. The lowest BCUT2D eigenvalue weighted by molar-refractivity contribution is 0.371. The van der Waals surface area contributed by atoms with Crippen molar-refractivity contribution >= 4 is 17.3 Å². The van der Waals surface area contributed by atoms with E-state index in [9.17, 15) is 0 Å². The van der Waals surface area contributed by atoms with Crippen molar-refractivity contribution in [1.29, 1.82) is 0 Å². The van der Waals surface area contributed by atoms with Crippen LogP contribution in [0, 0.1) is 0 Å². The van der Waals surface area contributed by atoms with Crippen LogP contribution >= 0.6 is 11.3 Å². The van der Waals surface area contributed by atoms with Crippen LogP contribution in [-0.4, -0.2) is 36.2 Å². The Bertz CT molecular complexity index is 577. The second-order valence-electron chi connectivity index (χ2n) is 5.21. The van der Waals surface area contributed by atoms with E-state index in [0.29, 0.717) is 18.9 Å². The summed E-state index contributed by atoms with van der Waals surface area (Å²) in [5.74, 6) is 2.50. The van der Waals surface area contributed by atoms with Crippen molar-refractivity contribution in [2.24, 2.45) is 4.99 Å². The number of nitrogens with zero attached hydrogens (tertiary/aromatic N) is 3. The van der Waals surface area contributed by atoms with Gasteiger partial charge in [0.15, 0.2) is 11.8 Å². The highest BCUT2D eigenvalue weighted by Crippen LogP contribution is 2.09. The fourth-order valence-electron chi connectivity index (χ4n) is 1.87. The van der Waals surface area contributed by atoms with Crippen molar-refractivity contribution in [3.05, 3.63) is 34.1 Å². The van der Waals surface area contributed by atoms with Crippen molar-refractivity contribution in [3.63, 3.8) is 0 Å². The van der Waals surface area contributed by atoms with Crippen LogP contribution < -0.4 is 10.6 Å². The molecule has 0 amide bonds. The number of thiophene rings is 1. The summed E-state index contributed by atoms with van der Waals surface area (Å²) in [7, 11) is 1.77. The third kappa shape index (κ3) is 5.14. The predicted octanol–water partition coefficient (Wildman–Crippen LogP) is 2.20. The second-order valence-corrected chi connectivity index (χ2v) is 6.24. The van der Waals surface area contributed by atoms with Gasteiger partial charge in [0.25, 0.3) is 0 Å². The number of aliphatic imine (C=N–C) groups is 1. The van der Waals surface area contributed by atoms with Gasteiger partial charge in [-0.15, -0.1) is 11.3 Å². The SMILES string of the molecule is CN=C(NCCc1nc(C(C)C)no1)NCCc1cccs1. The monoisotopic (exact) mass is 321 g/mol. The van der Waals surface area contributed by atoms with E-state index in [1.807, 2.05) is 13.8 Å². The van der Waals surface area contributed by atoms with Crippen molar-refractivity contribution < 1.29 is 4.52 Å². The fourth-order valence-corrected chi connectivity index (χ4v) is 2.58. The first-order valence-electron chi connectivity index (χ1n) is 7.48. The Balaban J connectivity index is 1.67. The lowest BCUT2D eigenvalue weighted by Crippen LogP contribution is -2.39. The van der Waals surface area contributed by atoms with Gasteiger partial charge >= 0.3 is 0 Å². The Hall–Kier alpha value is -1.89.